The second-order valence-electron chi connectivity index (χ2n) is 11.3. The molecule has 1 amide bonds. The standard InChI is InChI=1S/C21H23ClN4O3.C10H13N/c1-21(2)10-15(5-8-29-21)24-20-23-11-17(22)18(25-20)13-3-4-14-12-26(6-7-27)19(28)16(14)9-13;1-11-7-6-9-4-2-3-5-10(9)8-11/h3-4,7,9,11,15H,5-6,8,10,12H2,1-2H3,(H,23,24,25);2-5H,6-8H2,1H3. The molecule has 1 atom stereocenters. The lowest BCUT2D eigenvalue weighted by atomic mass is 9.94. The highest BCUT2D eigenvalue weighted by molar-refractivity contribution is 6.33. The first-order valence-corrected chi connectivity index (χ1v) is 14.1. The summed E-state index contributed by atoms with van der Waals surface area (Å²) in [6.45, 7) is 7.70. The Balaban J connectivity index is 0.000000244. The fraction of sp³-hybridized carbons (Fsp3) is 0.419. The number of hydrogen-bond acceptors (Lipinski definition) is 7. The number of nitrogens with zero attached hydrogens (tertiary/aromatic N) is 4. The molecule has 8 nitrogen and oxygen atoms in total. The van der Waals surface area contributed by atoms with Crippen molar-refractivity contribution >= 4 is 29.7 Å². The van der Waals surface area contributed by atoms with E-state index in [0.29, 0.717) is 35.4 Å². The third kappa shape index (κ3) is 6.52. The second kappa shape index (κ2) is 12.0. The highest BCUT2D eigenvalue weighted by Gasteiger charge is 2.30. The van der Waals surface area contributed by atoms with E-state index in [4.69, 9.17) is 16.3 Å². The molecule has 1 aromatic heterocycles. The molecule has 3 aliphatic rings. The van der Waals surface area contributed by atoms with Gasteiger partial charge in [0.2, 0.25) is 5.95 Å². The van der Waals surface area contributed by atoms with Gasteiger partial charge in [-0.05, 0) is 62.9 Å². The molecule has 1 unspecified atom stereocenters. The first kappa shape index (κ1) is 28.2. The molecular formula is C31H36ClN5O3. The maximum Gasteiger partial charge on any atom is 0.254 e. The zero-order chi connectivity index (χ0) is 28.3. The van der Waals surface area contributed by atoms with Gasteiger partial charge in [-0.25, -0.2) is 9.97 Å². The second-order valence-corrected chi connectivity index (χ2v) is 11.7. The molecule has 0 aliphatic carbocycles. The number of halogens is 1. The van der Waals surface area contributed by atoms with Crippen LogP contribution in [0.5, 0.6) is 0 Å². The Bertz CT molecular complexity index is 1400. The number of ether oxygens (including phenoxy) is 1. The van der Waals surface area contributed by atoms with Gasteiger partial charge in [-0.15, -0.1) is 0 Å². The molecule has 9 heteroatoms. The van der Waals surface area contributed by atoms with Crippen LogP contribution in [0.1, 0.15) is 53.7 Å². The molecular weight excluding hydrogens is 526 g/mol. The third-order valence-corrected chi connectivity index (χ3v) is 7.93. The molecule has 0 radical (unpaired) electrons. The van der Waals surface area contributed by atoms with E-state index in [-0.39, 0.29) is 24.1 Å². The summed E-state index contributed by atoms with van der Waals surface area (Å²) in [5.74, 6) is 0.350. The summed E-state index contributed by atoms with van der Waals surface area (Å²) in [5.41, 5.74) is 5.65. The van der Waals surface area contributed by atoms with Crippen LogP contribution < -0.4 is 5.32 Å². The summed E-state index contributed by atoms with van der Waals surface area (Å²) < 4.78 is 5.76. The van der Waals surface area contributed by atoms with E-state index >= 15 is 0 Å². The first-order valence-electron chi connectivity index (χ1n) is 13.8. The highest BCUT2D eigenvalue weighted by atomic mass is 35.5. The molecule has 0 spiro atoms. The van der Waals surface area contributed by atoms with Crippen LogP contribution in [-0.4, -0.2) is 70.3 Å². The molecule has 0 saturated carbocycles. The van der Waals surface area contributed by atoms with Gasteiger partial charge in [-0.2, -0.15) is 0 Å². The average molecular weight is 562 g/mol. The summed E-state index contributed by atoms with van der Waals surface area (Å²) in [7, 11) is 2.18. The predicted octanol–water partition coefficient (Wildman–Crippen LogP) is 5.00. The molecule has 0 bridgehead atoms. The fourth-order valence-corrected chi connectivity index (χ4v) is 5.76. The van der Waals surface area contributed by atoms with Crippen LogP contribution in [0.4, 0.5) is 5.95 Å². The number of rotatable bonds is 5. The van der Waals surface area contributed by atoms with Crippen molar-refractivity contribution in [2.45, 2.75) is 57.8 Å². The van der Waals surface area contributed by atoms with Crippen LogP contribution in [-0.2, 0) is 29.0 Å². The summed E-state index contributed by atoms with van der Waals surface area (Å²) in [6, 6.07) is 14.5. The zero-order valence-corrected chi connectivity index (χ0v) is 24.1. The van der Waals surface area contributed by atoms with Crippen molar-refractivity contribution in [3.8, 4) is 11.3 Å². The summed E-state index contributed by atoms with van der Waals surface area (Å²) in [4.78, 5) is 36.1. The van der Waals surface area contributed by atoms with Gasteiger partial charge < -0.3 is 24.6 Å². The largest absolute Gasteiger partial charge is 0.375 e. The van der Waals surface area contributed by atoms with Crippen LogP contribution in [0.3, 0.4) is 0 Å². The van der Waals surface area contributed by atoms with Gasteiger partial charge in [0.25, 0.3) is 5.91 Å². The van der Waals surface area contributed by atoms with Gasteiger partial charge in [0, 0.05) is 43.4 Å². The van der Waals surface area contributed by atoms with Crippen LogP contribution in [0, 0.1) is 0 Å². The lowest BCUT2D eigenvalue weighted by Crippen LogP contribution is -2.40. The number of benzene rings is 2. The van der Waals surface area contributed by atoms with Crippen LogP contribution in [0.15, 0.2) is 48.7 Å². The monoisotopic (exact) mass is 561 g/mol. The molecule has 2 aromatic carbocycles. The Kier molecular flexibility index (Phi) is 8.49. The van der Waals surface area contributed by atoms with Gasteiger partial charge in [0.1, 0.15) is 6.29 Å². The minimum Gasteiger partial charge on any atom is -0.375 e. The van der Waals surface area contributed by atoms with Crippen molar-refractivity contribution < 1.29 is 14.3 Å². The third-order valence-electron chi connectivity index (χ3n) is 7.65. The van der Waals surface area contributed by atoms with E-state index in [2.05, 4.69) is 65.3 Å². The number of nitrogens with one attached hydrogen (secondary N) is 1. The molecule has 210 valence electrons. The van der Waals surface area contributed by atoms with Crippen molar-refractivity contribution in [1.82, 2.24) is 19.8 Å². The van der Waals surface area contributed by atoms with Gasteiger partial charge in [0.05, 0.1) is 29.1 Å². The highest BCUT2D eigenvalue weighted by Crippen LogP contribution is 2.32. The van der Waals surface area contributed by atoms with Gasteiger partial charge >= 0.3 is 0 Å². The van der Waals surface area contributed by atoms with E-state index in [9.17, 15) is 9.59 Å². The SMILES string of the molecule is CC1(C)CC(Nc2ncc(Cl)c(-c3ccc4c(c3)C(=O)N(CC=O)C4)n2)CCO1.CN1CCc2ccccc2C1. The quantitative estimate of drug-likeness (QED) is 0.439. The number of aromatic nitrogens is 2. The predicted molar refractivity (Wildman–Crippen MR) is 156 cm³/mol. The molecule has 1 N–H and O–H groups in total. The first-order chi connectivity index (χ1) is 19.2. The number of carbonyl (C=O) groups is 2. The van der Waals surface area contributed by atoms with E-state index in [1.54, 1.807) is 12.3 Å². The number of fused-ring (bicyclic) bond motifs is 2. The summed E-state index contributed by atoms with van der Waals surface area (Å²) in [5, 5.41) is 3.80. The van der Waals surface area contributed by atoms with Gasteiger partial charge in [0.15, 0.2) is 0 Å². The number of likely N-dealkylation sites (N-methyl/N-ethyl adjacent to an activating group) is 1. The molecule has 6 rings (SSSR count). The number of anilines is 1. The number of aldehydes is 1. The lowest BCUT2D eigenvalue weighted by molar-refractivity contribution is -0.108. The number of carbonyl (C=O) groups excluding carboxylic acids is 2. The molecule has 3 aromatic rings. The fourth-order valence-electron chi connectivity index (χ4n) is 5.56. The van der Waals surface area contributed by atoms with Crippen LogP contribution in [0.2, 0.25) is 5.02 Å². The zero-order valence-electron chi connectivity index (χ0n) is 23.3. The van der Waals surface area contributed by atoms with E-state index in [1.807, 2.05) is 12.1 Å². The minimum atomic E-state index is -0.182. The van der Waals surface area contributed by atoms with Crippen molar-refractivity contribution in [2.75, 3.05) is 32.1 Å². The van der Waals surface area contributed by atoms with Crippen LogP contribution in [0.25, 0.3) is 11.3 Å². The summed E-state index contributed by atoms with van der Waals surface area (Å²) in [6.07, 6.45) is 5.26. The molecule has 4 heterocycles. The van der Waals surface area contributed by atoms with Gasteiger partial charge in [-0.1, -0.05) is 48.0 Å². The van der Waals surface area contributed by atoms with Crippen molar-refractivity contribution in [2.24, 2.45) is 0 Å². The van der Waals surface area contributed by atoms with E-state index < -0.39 is 0 Å². The van der Waals surface area contributed by atoms with Crippen molar-refractivity contribution in [3.05, 3.63) is 75.9 Å². The Morgan fingerprint density at radius 1 is 1.15 bits per heavy atom. The normalized spacial score (nSPS) is 19.8. The number of amides is 1. The van der Waals surface area contributed by atoms with Crippen LogP contribution >= 0.6 is 11.6 Å². The van der Waals surface area contributed by atoms with E-state index in [0.717, 1.165) is 36.8 Å². The Hall–Kier alpha value is -3.33. The Morgan fingerprint density at radius 2 is 1.95 bits per heavy atom. The summed E-state index contributed by atoms with van der Waals surface area (Å²) >= 11 is 6.37. The minimum absolute atomic E-state index is 0.0899. The Labute approximate surface area is 240 Å². The Morgan fingerprint density at radius 3 is 2.73 bits per heavy atom. The molecule has 1 saturated heterocycles. The topological polar surface area (TPSA) is 87.7 Å². The lowest BCUT2D eigenvalue weighted by Gasteiger charge is -2.35. The van der Waals surface area contributed by atoms with Gasteiger partial charge in [-0.3, -0.25) is 4.79 Å². The molecule has 40 heavy (non-hydrogen) atoms. The maximum absolute atomic E-state index is 12.5. The smallest absolute Gasteiger partial charge is 0.254 e. The van der Waals surface area contributed by atoms with E-state index in [1.165, 1.54) is 29.0 Å². The maximum atomic E-state index is 12.5. The number of hydrogen-bond donors (Lipinski definition) is 1. The van der Waals surface area contributed by atoms with Crippen molar-refractivity contribution in [1.29, 1.82) is 0 Å². The molecule has 3 aliphatic heterocycles. The molecule has 1 fully saturated rings. The average Bonchev–Trinajstić information content (AvgIpc) is 3.24. The van der Waals surface area contributed by atoms with Crippen molar-refractivity contribution in [3.63, 3.8) is 0 Å².